The van der Waals surface area contributed by atoms with Crippen molar-refractivity contribution in [3.8, 4) is 0 Å². The summed E-state index contributed by atoms with van der Waals surface area (Å²) in [6.07, 6.45) is 7.02. The van der Waals surface area contributed by atoms with Crippen molar-refractivity contribution in [2.45, 2.75) is 72.8 Å². The van der Waals surface area contributed by atoms with Gasteiger partial charge in [-0.3, -0.25) is 4.68 Å². The van der Waals surface area contributed by atoms with Crippen LogP contribution in [0.3, 0.4) is 0 Å². The maximum absolute atomic E-state index is 4.77. The molecule has 0 spiro atoms. The highest BCUT2D eigenvalue weighted by Crippen LogP contribution is 2.16. The van der Waals surface area contributed by atoms with Crippen molar-refractivity contribution >= 4 is 5.96 Å². The molecule has 1 rings (SSSR count). The fourth-order valence-corrected chi connectivity index (χ4v) is 2.83. The van der Waals surface area contributed by atoms with Gasteiger partial charge in [-0.15, -0.1) is 0 Å². The van der Waals surface area contributed by atoms with Gasteiger partial charge in [0.05, 0.1) is 12.2 Å². The fraction of sp³-hybridized carbons (Fsp3) is 0.778. The van der Waals surface area contributed by atoms with Gasteiger partial charge in [0.15, 0.2) is 5.96 Å². The van der Waals surface area contributed by atoms with Crippen LogP contribution in [0.15, 0.2) is 4.99 Å². The monoisotopic (exact) mass is 321 g/mol. The zero-order chi connectivity index (χ0) is 17.1. The van der Waals surface area contributed by atoms with Crippen molar-refractivity contribution in [2.75, 3.05) is 13.1 Å². The lowest BCUT2D eigenvalue weighted by Crippen LogP contribution is -2.37. The third kappa shape index (κ3) is 6.24. The van der Waals surface area contributed by atoms with E-state index in [0.717, 1.165) is 31.9 Å². The molecule has 0 aliphatic carbocycles. The molecule has 23 heavy (non-hydrogen) atoms. The summed E-state index contributed by atoms with van der Waals surface area (Å²) in [6.45, 7) is 11.3. The zero-order valence-corrected chi connectivity index (χ0v) is 15.7. The Morgan fingerprint density at radius 1 is 1.04 bits per heavy atom. The lowest BCUT2D eigenvalue weighted by atomic mass is 10.1. The highest BCUT2D eigenvalue weighted by Gasteiger charge is 2.13. The van der Waals surface area contributed by atoms with Crippen LogP contribution in [0.25, 0.3) is 0 Å². The molecule has 0 fully saturated rings. The summed E-state index contributed by atoms with van der Waals surface area (Å²) in [5.41, 5.74) is 3.76. The second kappa shape index (κ2) is 11.1. The van der Waals surface area contributed by atoms with Crippen molar-refractivity contribution in [3.63, 3.8) is 0 Å². The first-order valence-corrected chi connectivity index (χ1v) is 9.23. The van der Waals surface area contributed by atoms with E-state index in [4.69, 9.17) is 4.99 Å². The summed E-state index contributed by atoms with van der Waals surface area (Å²) in [6, 6.07) is 0. The average molecular weight is 322 g/mol. The molecule has 1 aromatic rings. The molecular formula is C18H35N5. The van der Waals surface area contributed by atoms with E-state index in [1.807, 2.05) is 11.7 Å². The van der Waals surface area contributed by atoms with Crippen LogP contribution in [0, 0.1) is 0 Å². The summed E-state index contributed by atoms with van der Waals surface area (Å²) >= 11 is 0. The van der Waals surface area contributed by atoms with Crippen LogP contribution < -0.4 is 10.6 Å². The van der Waals surface area contributed by atoms with Gasteiger partial charge in [-0.05, 0) is 26.2 Å². The Hall–Kier alpha value is -1.52. The lowest BCUT2D eigenvalue weighted by Gasteiger charge is -2.11. The van der Waals surface area contributed by atoms with Gasteiger partial charge in [-0.2, -0.15) is 5.10 Å². The Bertz CT molecular complexity index is 476. The third-order valence-corrected chi connectivity index (χ3v) is 4.09. The maximum atomic E-state index is 4.77. The van der Waals surface area contributed by atoms with Crippen LogP contribution in [0.5, 0.6) is 0 Å². The predicted molar refractivity (Wildman–Crippen MR) is 98.9 cm³/mol. The SMILES string of the molecule is CCCCCCNC(=NCc1c(CC)nn(C)c1CC)NCC. The fourth-order valence-electron chi connectivity index (χ4n) is 2.83. The third-order valence-electron chi connectivity index (χ3n) is 4.09. The molecule has 0 aliphatic heterocycles. The molecule has 1 aromatic heterocycles. The first-order valence-electron chi connectivity index (χ1n) is 9.23. The zero-order valence-electron chi connectivity index (χ0n) is 15.7. The number of guanidine groups is 1. The molecule has 132 valence electrons. The number of aryl methyl sites for hydroxylation is 2. The highest BCUT2D eigenvalue weighted by atomic mass is 15.3. The molecule has 0 saturated heterocycles. The van der Waals surface area contributed by atoms with E-state index in [1.54, 1.807) is 0 Å². The van der Waals surface area contributed by atoms with E-state index in [-0.39, 0.29) is 0 Å². The predicted octanol–water partition coefficient (Wildman–Crippen LogP) is 3.18. The number of nitrogens with one attached hydrogen (secondary N) is 2. The highest BCUT2D eigenvalue weighted by molar-refractivity contribution is 5.79. The van der Waals surface area contributed by atoms with Crippen molar-refractivity contribution in [2.24, 2.45) is 12.0 Å². The summed E-state index contributed by atoms with van der Waals surface area (Å²) in [4.78, 5) is 4.77. The van der Waals surface area contributed by atoms with Gasteiger partial charge >= 0.3 is 0 Å². The van der Waals surface area contributed by atoms with Crippen LogP contribution >= 0.6 is 0 Å². The molecule has 0 saturated carbocycles. The summed E-state index contributed by atoms with van der Waals surface area (Å²) < 4.78 is 2.01. The summed E-state index contributed by atoms with van der Waals surface area (Å²) in [5, 5.41) is 11.4. The van der Waals surface area contributed by atoms with Gasteiger partial charge in [0, 0.05) is 31.4 Å². The van der Waals surface area contributed by atoms with Crippen molar-refractivity contribution < 1.29 is 0 Å². The number of hydrogen-bond donors (Lipinski definition) is 2. The number of nitrogens with zero attached hydrogens (tertiary/aromatic N) is 3. The van der Waals surface area contributed by atoms with Crippen LogP contribution in [0.1, 0.15) is 70.3 Å². The minimum Gasteiger partial charge on any atom is -0.357 e. The molecule has 0 atom stereocenters. The number of hydrogen-bond acceptors (Lipinski definition) is 2. The van der Waals surface area contributed by atoms with E-state index in [9.17, 15) is 0 Å². The molecule has 0 unspecified atom stereocenters. The first-order chi connectivity index (χ1) is 11.2. The molecule has 0 radical (unpaired) electrons. The van der Waals surface area contributed by atoms with Crippen molar-refractivity contribution in [3.05, 3.63) is 17.0 Å². The van der Waals surface area contributed by atoms with Gasteiger partial charge in [-0.1, -0.05) is 40.0 Å². The second-order valence-corrected chi connectivity index (χ2v) is 5.89. The van der Waals surface area contributed by atoms with E-state index in [2.05, 4.69) is 43.4 Å². The second-order valence-electron chi connectivity index (χ2n) is 5.89. The molecule has 5 heteroatoms. The van der Waals surface area contributed by atoms with E-state index in [0.29, 0.717) is 6.54 Å². The molecule has 1 heterocycles. The standard InChI is InChI=1S/C18H35N5/c1-6-10-11-12-13-20-18(19-9-4)21-14-15-16(7-2)22-23(5)17(15)8-3/h6-14H2,1-5H3,(H2,19,20,21). The molecule has 0 aromatic carbocycles. The smallest absolute Gasteiger partial charge is 0.191 e. The minimum absolute atomic E-state index is 0.699. The van der Waals surface area contributed by atoms with Crippen molar-refractivity contribution in [1.82, 2.24) is 20.4 Å². The van der Waals surface area contributed by atoms with Crippen LogP contribution in [0.2, 0.25) is 0 Å². The Balaban J connectivity index is 2.69. The Morgan fingerprint density at radius 2 is 1.83 bits per heavy atom. The van der Waals surface area contributed by atoms with E-state index < -0.39 is 0 Å². The van der Waals surface area contributed by atoms with Gasteiger partial charge in [-0.25, -0.2) is 4.99 Å². The van der Waals surface area contributed by atoms with Crippen LogP contribution in [-0.2, 0) is 26.4 Å². The molecular weight excluding hydrogens is 286 g/mol. The summed E-state index contributed by atoms with van der Waals surface area (Å²) in [7, 11) is 2.03. The topological polar surface area (TPSA) is 54.2 Å². The quantitative estimate of drug-likeness (QED) is 0.395. The number of rotatable bonds is 10. The van der Waals surface area contributed by atoms with Crippen molar-refractivity contribution in [1.29, 1.82) is 0 Å². The molecule has 0 amide bonds. The van der Waals surface area contributed by atoms with E-state index >= 15 is 0 Å². The van der Waals surface area contributed by atoms with Crippen LogP contribution in [-0.4, -0.2) is 28.8 Å². The summed E-state index contributed by atoms with van der Waals surface area (Å²) in [5.74, 6) is 0.914. The number of aliphatic imine (C=N–C) groups is 1. The maximum Gasteiger partial charge on any atom is 0.191 e. The molecule has 0 aliphatic rings. The number of aromatic nitrogens is 2. The minimum atomic E-state index is 0.699. The van der Waals surface area contributed by atoms with Gasteiger partial charge in [0.2, 0.25) is 0 Å². The average Bonchev–Trinajstić information content (AvgIpc) is 2.87. The van der Waals surface area contributed by atoms with Crippen LogP contribution in [0.4, 0.5) is 0 Å². The molecule has 5 nitrogen and oxygen atoms in total. The Kier molecular flexibility index (Phi) is 9.41. The van der Waals surface area contributed by atoms with Gasteiger partial charge < -0.3 is 10.6 Å². The largest absolute Gasteiger partial charge is 0.357 e. The van der Waals surface area contributed by atoms with Gasteiger partial charge in [0.1, 0.15) is 0 Å². The first kappa shape index (κ1) is 19.5. The molecule has 2 N–H and O–H groups in total. The van der Waals surface area contributed by atoms with E-state index in [1.165, 1.54) is 42.6 Å². The molecule has 0 bridgehead atoms. The van der Waals surface area contributed by atoms with Gasteiger partial charge in [0.25, 0.3) is 0 Å². The Labute approximate surface area is 142 Å². The number of unbranched alkanes of at least 4 members (excludes halogenated alkanes) is 3. The lowest BCUT2D eigenvalue weighted by molar-refractivity contribution is 0.647. The Morgan fingerprint density at radius 3 is 2.43 bits per heavy atom. The normalized spacial score (nSPS) is 11.8.